The lowest BCUT2D eigenvalue weighted by Gasteiger charge is -2.15. The predicted molar refractivity (Wildman–Crippen MR) is 84.7 cm³/mol. The average Bonchev–Trinajstić information content (AvgIpc) is 2.48. The number of aryl methyl sites for hydroxylation is 1. The zero-order chi connectivity index (χ0) is 17.0. The highest BCUT2D eigenvalue weighted by molar-refractivity contribution is 5.47. The van der Waals surface area contributed by atoms with E-state index in [-0.39, 0.29) is 0 Å². The van der Waals surface area contributed by atoms with Crippen molar-refractivity contribution in [3.05, 3.63) is 47.2 Å². The Kier molecular flexibility index (Phi) is 5.08. The Bertz CT molecular complexity index is 669. The first kappa shape index (κ1) is 17.1. The van der Waals surface area contributed by atoms with Crippen LogP contribution in [0.2, 0.25) is 0 Å². The van der Waals surface area contributed by atoms with Crippen molar-refractivity contribution < 1.29 is 13.2 Å². The lowest BCUT2D eigenvalue weighted by Crippen LogP contribution is -2.15. The molecule has 1 heterocycles. The molecular weight excluding hydrogens is 305 g/mol. The monoisotopic (exact) mass is 324 g/mol. The van der Waals surface area contributed by atoms with Crippen LogP contribution in [0.15, 0.2) is 30.5 Å². The number of nitrogens with zero attached hydrogens (tertiary/aromatic N) is 3. The first-order valence-corrected chi connectivity index (χ1v) is 7.18. The zero-order valence-electron chi connectivity index (χ0n) is 13.3. The van der Waals surface area contributed by atoms with Crippen LogP contribution in [0, 0.1) is 6.92 Å². The Morgan fingerprint density at radius 2 is 1.96 bits per heavy atom. The molecule has 0 fully saturated rings. The molecule has 0 radical (unpaired) electrons. The van der Waals surface area contributed by atoms with Crippen molar-refractivity contribution in [2.24, 2.45) is 0 Å². The fraction of sp³-hybridized carbons (Fsp3) is 0.375. The molecule has 0 saturated carbocycles. The summed E-state index contributed by atoms with van der Waals surface area (Å²) in [5.41, 5.74) is 0.946. The summed E-state index contributed by atoms with van der Waals surface area (Å²) in [7, 11) is 3.78. The Morgan fingerprint density at radius 1 is 1.22 bits per heavy atom. The number of rotatable bonds is 5. The van der Waals surface area contributed by atoms with Crippen LogP contribution in [0.5, 0.6) is 0 Å². The van der Waals surface area contributed by atoms with Crippen LogP contribution in [-0.4, -0.2) is 30.6 Å². The van der Waals surface area contributed by atoms with Crippen molar-refractivity contribution in [1.82, 2.24) is 9.97 Å². The van der Waals surface area contributed by atoms with Crippen molar-refractivity contribution in [1.29, 1.82) is 0 Å². The third-order valence-corrected chi connectivity index (χ3v) is 3.32. The molecule has 0 unspecified atom stereocenters. The summed E-state index contributed by atoms with van der Waals surface area (Å²) in [4.78, 5) is 10.4. The second-order valence-corrected chi connectivity index (χ2v) is 5.47. The van der Waals surface area contributed by atoms with Gasteiger partial charge in [0.1, 0.15) is 5.82 Å². The van der Waals surface area contributed by atoms with Crippen LogP contribution < -0.4 is 10.2 Å². The average molecular weight is 324 g/mol. The minimum absolute atomic E-state index is 0.456. The predicted octanol–water partition coefficient (Wildman–Crippen LogP) is 3.52. The molecule has 124 valence electrons. The number of benzene rings is 1. The van der Waals surface area contributed by atoms with Crippen LogP contribution in [0.3, 0.4) is 0 Å². The number of alkyl halides is 3. The maximum absolute atomic E-state index is 12.7. The largest absolute Gasteiger partial charge is 0.416 e. The van der Waals surface area contributed by atoms with Gasteiger partial charge in [-0.1, -0.05) is 18.2 Å². The van der Waals surface area contributed by atoms with Crippen molar-refractivity contribution in [3.8, 4) is 0 Å². The normalized spacial score (nSPS) is 11.4. The van der Waals surface area contributed by atoms with Crippen LogP contribution >= 0.6 is 0 Å². The van der Waals surface area contributed by atoms with Crippen molar-refractivity contribution in [2.45, 2.75) is 19.5 Å². The summed E-state index contributed by atoms with van der Waals surface area (Å²) in [6.45, 7) is 2.37. The van der Waals surface area contributed by atoms with Crippen LogP contribution in [0.25, 0.3) is 0 Å². The molecule has 1 aromatic heterocycles. The van der Waals surface area contributed by atoms with Gasteiger partial charge in [-0.3, -0.25) is 0 Å². The summed E-state index contributed by atoms with van der Waals surface area (Å²) in [5.74, 6) is 1.27. The van der Waals surface area contributed by atoms with E-state index in [4.69, 9.17) is 0 Å². The SMILES string of the molecule is Cc1cnc(NCCc2cccc(C(F)(F)F)c2)nc1N(C)C. The molecule has 2 rings (SSSR count). The van der Waals surface area contributed by atoms with E-state index in [0.717, 1.165) is 17.4 Å². The van der Waals surface area contributed by atoms with E-state index in [9.17, 15) is 13.2 Å². The van der Waals surface area contributed by atoms with E-state index in [1.54, 1.807) is 12.3 Å². The molecule has 2 aromatic rings. The molecule has 0 amide bonds. The molecule has 23 heavy (non-hydrogen) atoms. The maximum atomic E-state index is 12.7. The van der Waals surface area contributed by atoms with Gasteiger partial charge in [-0.05, 0) is 25.0 Å². The van der Waals surface area contributed by atoms with Gasteiger partial charge in [-0.2, -0.15) is 18.2 Å². The van der Waals surface area contributed by atoms with Crippen LogP contribution in [0.1, 0.15) is 16.7 Å². The lowest BCUT2D eigenvalue weighted by atomic mass is 10.1. The number of anilines is 2. The molecule has 1 aromatic carbocycles. The van der Waals surface area contributed by atoms with Crippen molar-refractivity contribution in [2.75, 3.05) is 30.9 Å². The van der Waals surface area contributed by atoms with Gasteiger partial charge < -0.3 is 10.2 Å². The number of hydrogen-bond donors (Lipinski definition) is 1. The Labute approximate surface area is 133 Å². The Morgan fingerprint density at radius 3 is 2.61 bits per heavy atom. The minimum atomic E-state index is -4.32. The second kappa shape index (κ2) is 6.85. The highest BCUT2D eigenvalue weighted by Gasteiger charge is 2.30. The van der Waals surface area contributed by atoms with Crippen molar-refractivity contribution >= 4 is 11.8 Å². The number of nitrogens with one attached hydrogen (secondary N) is 1. The Hall–Kier alpha value is -2.31. The molecule has 7 heteroatoms. The van der Waals surface area contributed by atoms with Gasteiger partial charge in [0.25, 0.3) is 0 Å². The standard InChI is InChI=1S/C16H19F3N4/c1-11-10-21-15(22-14(11)23(2)3)20-8-7-12-5-4-6-13(9-12)16(17,18)19/h4-6,9-10H,7-8H2,1-3H3,(H,20,21,22). The van der Waals surface area contributed by atoms with Gasteiger partial charge in [0.15, 0.2) is 0 Å². The smallest absolute Gasteiger partial charge is 0.362 e. The van der Waals surface area contributed by atoms with Gasteiger partial charge in [-0.15, -0.1) is 0 Å². The molecular formula is C16H19F3N4. The van der Waals surface area contributed by atoms with E-state index < -0.39 is 11.7 Å². The van der Waals surface area contributed by atoms with Crippen LogP contribution in [0.4, 0.5) is 24.9 Å². The highest BCUT2D eigenvalue weighted by Crippen LogP contribution is 2.29. The topological polar surface area (TPSA) is 41.1 Å². The van der Waals surface area contributed by atoms with Crippen LogP contribution in [-0.2, 0) is 12.6 Å². The molecule has 0 aliphatic carbocycles. The first-order valence-electron chi connectivity index (χ1n) is 7.18. The van der Waals surface area contributed by atoms with E-state index in [1.165, 1.54) is 12.1 Å². The van der Waals surface area contributed by atoms with Crippen molar-refractivity contribution in [3.63, 3.8) is 0 Å². The Balaban J connectivity index is 1.99. The number of aromatic nitrogens is 2. The molecule has 0 aliphatic heterocycles. The van der Waals surface area contributed by atoms with Gasteiger partial charge in [0, 0.05) is 32.4 Å². The molecule has 0 spiro atoms. The summed E-state index contributed by atoms with van der Waals surface area (Å²) in [5, 5.41) is 3.04. The fourth-order valence-corrected chi connectivity index (χ4v) is 2.19. The number of halogens is 3. The summed E-state index contributed by atoms with van der Waals surface area (Å²) in [6.07, 6.45) is -2.14. The molecule has 0 bridgehead atoms. The van der Waals surface area contributed by atoms with E-state index in [0.29, 0.717) is 24.5 Å². The second-order valence-electron chi connectivity index (χ2n) is 5.47. The molecule has 1 N–H and O–H groups in total. The molecule has 0 aliphatic rings. The lowest BCUT2D eigenvalue weighted by molar-refractivity contribution is -0.137. The summed E-state index contributed by atoms with van der Waals surface area (Å²) < 4.78 is 38.0. The third-order valence-electron chi connectivity index (χ3n) is 3.32. The summed E-state index contributed by atoms with van der Waals surface area (Å²) >= 11 is 0. The number of hydrogen-bond acceptors (Lipinski definition) is 4. The van der Waals surface area contributed by atoms with E-state index in [1.807, 2.05) is 25.9 Å². The van der Waals surface area contributed by atoms with Gasteiger partial charge in [0.2, 0.25) is 5.95 Å². The zero-order valence-corrected chi connectivity index (χ0v) is 13.3. The maximum Gasteiger partial charge on any atom is 0.416 e. The molecule has 0 atom stereocenters. The fourth-order valence-electron chi connectivity index (χ4n) is 2.19. The van der Waals surface area contributed by atoms with E-state index >= 15 is 0 Å². The van der Waals surface area contributed by atoms with Gasteiger partial charge >= 0.3 is 6.18 Å². The third kappa shape index (κ3) is 4.58. The first-order chi connectivity index (χ1) is 10.8. The minimum Gasteiger partial charge on any atom is -0.362 e. The van der Waals surface area contributed by atoms with Gasteiger partial charge in [0.05, 0.1) is 5.56 Å². The molecule has 4 nitrogen and oxygen atoms in total. The molecule has 0 saturated heterocycles. The highest BCUT2D eigenvalue weighted by atomic mass is 19.4. The van der Waals surface area contributed by atoms with Gasteiger partial charge in [-0.25, -0.2) is 4.98 Å². The van der Waals surface area contributed by atoms with E-state index in [2.05, 4.69) is 15.3 Å². The quantitative estimate of drug-likeness (QED) is 0.913. The summed E-state index contributed by atoms with van der Waals surface area (Å²) in [6, 6.07) is 5.34.